The summed E-state index contributed by atoms with van der Waals surface area (Å²) in [7, 11) is 2.89. The molecular formula is C36H35F4N5O7. The smallest absolute Gasteiger partial charge is 0.493 e. The second kappa shape index (κ2) is 15.3. The first-order chi connectivity index (χ1) is 24.9. The minimum Gasteiger partial charge on any atom is -0.493 e. The molecule has 52 heavy (non-hydrogen) atoms. The van der Waals surface area contributed by atoms with Gasteiger partial charge in [0.25, 0.3) is 5.91 Å². The van der Waals surface area contributed by atoms with Crippen molar-refractivity contribution in [1.29, 1.82) is 0 Å². The number of amides is 1. The van der Waals surface area contributed by atoms with E-state index in [1.165, 1.54) is 56.1 Å². The second-order valence-electron chi connectivity index (χ2n) is 11.8. The van der Waals surface area contributed by atoms with Crippen LogP contribution in [0, 0.1) is 12.7 Å². The van der Waals surface area contributed by atoms with Crippen LogP contribution in [0.25, 0.3) is 16.6 Å². The molecule has 2 aromatic heterocycles. The predicted octanol–water partition coefficient (Wildman–Crippen LogP) is 6.22. The van der Waals surface area contributed by atoms with Gasteiger partial charge in [-0.3, -0.25) is 23.8 Å². The highest BCUT2D eigenvalue weighted by molar-refractivity contribution is 6.04. The number of pyridine rings is 1. The van der Waals surface area contributed by atoms with Gasteiger partial charge >= 0.3 is 12.1 Å². The van der Waals surface area contributed by atoms with Crippen LogP contribution in [0.15, 0.2) is 71.7 Å². The van der Waals surface area contributed by atoms with Crippen molar-refractivity contribution in [2.45, 2.75) is 19.7 Å². The van der Waals surface area contributed by atoms with E-state index in [0.717, 1.165) is 62.0 Å². The average Bonchev–Trinajstić information content (AvgIpc) is 3.34. The maximum absolute atomic E-state index is 15.4. The number of benzene rings is 3. The minimum absolute atomic E-state index is 0.0426. The van der Waals surface area contributed by atoms with Crippen LogP contribution in [0.1, 0.15) is 22.6 Å². The normalized spacial score (nSPS) is 13.6. The molecule has 1 aliphatic rings. The van der Waals surface area contributed by atoms with E-state index < -0.39 is 29.5 Å². The zero-order valence-corrected chi connectivity index (χ0v) is 28.5. The molecule has 12 nitrogen and oxygen atoms in total. The van der Waals surface area contributed by atoms with E-state index >= 15 is 4.39 Å². The van der Waals surface area contributed by atoms with E-state index in [1.54, 1.807) is 18.2 Å². The first-order valence-electron chi connectivity index (χ1n) is 16.2. The molecule has 1 N–H and O–H groups in total. The number of nitrogens with zero attached hydrogens (tertiary/aromatic N) is 4. The fraction of sp³-hybridized carbons (Fsp3) is 0.306. The van der Waals surface area contributed by atoms with Crippen molar-refractivity contribution in [2.75, 3.05) is 51.9 Å². The highest BCUT2D eigenvalue weighted by Gasteiger charge is 2.31. The highest BCUT2D eigenvalue weighted by Crippen LogP contribution is 2.38. The molecule has 1 saturated heterocycles. The largest absolute Gasteiger partial charge is 0.573 e. The summed E-state index contributed by atoms with van der Waals surface area (Å²) in [6.45, 7) is 6.13. The molecule has 274 valence electrons. The van der Waals surface area contributed by atoms with Gasteiger partial charge in [-0.1, -0.05) is 0 Å². The molecule has 0 atom stereocenters. The first-order valence-corrected chi connectivity index (χ1v) is 16.2. The van der Waals surface area contributed by atoms with Gasteiger partial charge in [-0.05, 0) is 61.9 Å². The summed E-state index contributed by atoms with van der Waals surface area (Å²) in [5.74, 6) is -0.798. The third-order valence-corrected chi connectivity index (χ3v) is 8.41. The fourth-order valence-electron chi connectivity index (χ4n) is 5.91. The Morgan fingerprint density at radius 2 is 1.73 bits per heavy atom. The average molecular weight is 726 g/mol. The highest BCUT2D eigenvalue weighted by atomic mass is 19.4. The lowest BCUT2D eigenvalue weighted by Crippen LogP contribution is -2.37. The summed E-state index contributed by atoms with van der Waals surface area (Å²) in [4.78, 5) is 33.1. The van der Waals surface area contributed by atoms with Crippen molar-refractivity contribution in [3.05, 3.63) is 94.5 Å². The Morgan fingerprint density at radius 3 is 2.42 bits per heavy atom. The van der Waals surface area contributed by atoms with Gasteiger partial charge in [-0.25, -0.2) is 9.18 Å². The molecule has 3 aromatic carbocycles. The molecule has 5 aromatic rings. The number of carbonyl (C=O) groups excluding carboxylic acids is 1. The Kier molecular flexibility index (Phi) is 10.7. The van der Waals surface area contributed by atoms with E-state index in [4.69, 9.17) is 18.9 Å². The monoisotopic (exact) mass is 725 g/mol. The van der Waals surface area contributed by atoms with E-state index in [2.05, 4.69) is 19.9 Å². The van der Waals surface area contributed by atoms with Gasteiger partial charge in [-0.2, -0.15) is 0 Å². The van der Waals surface area contributed by atoms with Crippen molar-refractivity contribution < 1.29 is 46.0 Å². The molecule has 3 heterocycles. The summed E-state index contributed by atoms with van der Waals surface area (Å²) in [5, 5.41) is 3.14. The molecule has 0 saturated carbocycles. The van der Waals surface area contributed by atoms with Crippen LogP contribution in [0.4, 0.5) is 23.2 Å². The predicted molar refractivity (Wildman–Crippen MR) is 183 cm³/mol. The molecule has 1 fully saturated rings. The minimum atomic E-state index is -4.87. The van der Waals surface area contributed by atoms with Crippen molar-refractivity contribution in [3.63, 3.8) is 0 Å². The Labute approximate surface area is 295 Å². The summed E-state index contributed by atoms with van der Waals surface area (Å²) in [5.41, 5.74) is 0.383. The number of ether oxygens (including phenoxy) is 5. The number of methoxy groups -OCH3 is 1. The number of hydrogen-bond acceptors (Lipinski definition) is 9. The molecule has 0 bridgehead atoms. The number of carbonyl (C=O) groups is 1. The number of nitrogens with one attached hydrogen (secondary N) is 1. The van der Waals surface area contributed by atoms with Gasteiger partial charge in [0.2, 0.25) is 0 Å². The Balaban J connectivity index is 1.15. The molecule has 0 aliphatic carbocycles. The van der Waals surface area contributed by atoms with Crippen molar-refractivity contribution in [1.82, 2.24) is 19.0 Å². The zero-order chi connectivity index (χ0) is 37.0. The van der Waals surface area contributed by atoms with Gasteiger partial charge in [-0.15, -0.1) is 13.2 Å². The molecule has 1 amide bonds. The molecule has 0 radical (unpaired) electrons. The number of anilines is 1. The van der Waals surface area contributed by atoms with E-state index in [1.807, 2.05) is 0 Å². The third kappa shape index (κ3) is 8.13. The third-order valence-electron chi connectivity index (χ3n) is 8.41. The maximum atomic E-state index is 15.4. The van der Waals surface area contributed by atoms with Crippen LogP contribution < -0.4 is 30.0 Å². The number of halogens is 4. The second-order valence-corrected chi connectivity index (χ2v) is 11.8. The lowest BCUT2D eigenvalue weighted by molar-refractivity contribution is -0.274. The molecule has 0 unspecified atom stereocenters. The number of rotatable bonds is 12. The summed E-state index contributed by atoms with van der Waals surface area (Å²) < 4.78 is 82.2. The van der Waals surface area contributed by atoms with Crippen LogP contribution >= 0.6 is 0 Å². The summed E-state index contributed by atoms with van der Waals surface area (Å²) in [6, 6.07) is 13.5. The van der Waals surface area contributed by atoms with E-state index in [9.17, 15) is 22.8 Å². The van der Waals surface area contributed by atoms with Crippen LogP contribution in [0.3, 0.4) is 0 Å². The van der Waals surface area contributed by atoms with Crippen LogP contribution in [0.2, 0.25) is 0 Å². The van der Waals surface area contributed by atoms with Gasteiger partial charge in [0, 0.05) is 56.1 Å². The van der Waals surface area contributed by atoms with Crippen LogP contribution in [0.5, 0.6) is 28.7 Å². The topological polar surface area (TPSA) is 118 Å². The number of hydrogen-bond donors (Lipinski definition) is 1. The molecule has 6 rings (SSSR count). The molecule has 0 spiro atoms. The van der Waals surface area contributed by atoms with E-state index in [-0.39, 0.29) is 28.5 Å². The Bertz CT molecular complexity index is 2130. The SMILES string of the molecule is COc1cc2c(Oc3ccc(NC(=O)c4c(C)n(-c5ccc(OC(F)(F)F)cc5)c(=O)n4C)cc3F)ccnc2cc1OCCCN1CCOCC1. The van der Waals surface area contributed by atoms with Gasteiger partial charge in [0.15, 0.2) is 23.1 Å². The van der Waals surface area contributed by atoms with Crippen LogP contribution in [-0.4, -0.2) is 77.9 Å². The maximum Gasteiger partial charge on any atom is 0.573 e. The fourth-order valence-corrected chi connectivity index (χ4v) is 5.91. The van der Waals surface area contributed by atoms with Crippen molar-refractivity contribution in [2.24, 2.45) is 7.05 Å². The number of imidazole rings is 1. The molecular weight excluding hydrogens is 690 g/mol. The van der Waals surface area contributed by atoms with Gasteiger partial charge in [0.1, 0.15) is 17.2 Å². The Hall–Kier alpha value is -5.61. The van der Waals surface area contributed by atoms with Crippen LogP contribution in [-0.2, 0) is 11.8 Å². The first kappa shape index (κ1) is 36.2. The van der Waals surface area contributed by atoms with Crippen molar-refractivity contribution in [3.8, 4) is 34.4 Å². The number of aromatic nitrogens is 3. The Morgan fingerprint density at radius 1 is 0.981 bits per heavy atom. The van der Waals surface area contributed by atoms with Gasteiger partial charge < -0.3 is 29.0 Å². The lowest BCUT2D eigenvalue weighted by atomic mass is 10.1. The van der Waals surface area contributed by atoms with Gasteiger partial charge in [0.05, 0.1) is 43.8 Å². The summed E-state index contributed by atoms with van der Waals surface area (Å²) >= 11 is 0. The van der Waals surface area contributed by atoms with Crippen molar-refractivity contribution >= 4 is 22.5 Å². The standard InChI is InChI=1S/C36H35F4N5O7/c1-22-33(43(2)35(47)45(22)24-6-8-25(9-7-24)52-36(38,39)40)34(46)42-23-5-10-30(27(37)19-23)51-29-11-12-41-28-21-32(31(48-3)20-26(28)29)50-16-4-13-44-14-17-49-18-15-44/h5-12,19-21H,4,13-18H2,1-3H3,(H,42,46). The summed E-state index contributed by atoms with van der Waals surface area (Å²) in [6.07, 6.45) is -2.52. The number of morpholine rings is 1. The molecule has 1 aliphatic heterocycles. The van der Waals surface area contributed by atoms with E-state index in [0.29, 0.717) is 34.8 Å². The quantitative estimate of drug-likeness (QED) is 0.118. The number of alkyl halides is 3. The molecule has 16 heteroatoms. The zero-order valence-electron chi connectivity index (χ0n) is 28.5. The lowest BCUT2D eigenvalue weighted by Gasteiger charge is -2.26. The number of fused-ring (bicyclic) bond motifs is 1.